The Morgan fingerprint density at radius 2 is 2.04 bits per heavy atom. The number of ether oxygens (including phenoxy) is 1. The largest absolute Gasteiger partial charge is 0.497 e. The summed E-state index contributed by atoms with van der Waals surface area (Å²) in [6.45, 7) is 2.87. The Morgan fingerprint density at radius 3 is 2.73 bits per heavy atom. The van der Waals surface area contributed by atoms with Crippen molar-refractivity contribution in [3.63, 3.8) is 0 Å². The van der Waals surface area contributed by atoms with Crippen molar-refractivity contribution in [1.29, 1.82) is 0 Å². The molecule has 0 atom stereocenters. The van der Waals surface area contributed by atoms with Crippen LogP contribution in [0.2, 0.25) is 5.15 Å². The minimum Gasteiger partial charge on any atom is -0.497 e. The summed E-state index contributed by atoms with van der Waals surface area (Å²) in [5.41, 5.74) is 12.9. The predicted octanol–water partition coefficient (Wildman–Crippen LogP) is 1.60. The van der Waals surface area contributed by atoms with Crippen LogP contribution >= 0.6 is 11.6 Å². The maximum Gasteiger partial charge on any atom is 0.274 e. The Hall–Kier alpha value is -3.07. The number of nitrogen functional groups attached to an aromatic ring is 2. The summed E-state index contributed by atoms with van der Waals surface area (Å²) < 4.78 is 7.25. The topological polar surface area (TPSA) is 134 Å². The van der Waals surface area contributed by atoms with Crippen molar-refractivity contribution in [3.05, 3.63) is 34.9 Å². The third kappa shape index (κ3) is 3.21. The lowest BCUT2D eigenvalue weighted by Crippen LogP contribution is -2.27. The number of carbonyl (C=O) groups excluding carboxylic acids is 1. The number of benzene rings is 1. The fourth-order valence-corrected chi connectivity index (χ4v) is 2.75. The van der Waals surface area contributed by atoms with Gasteiger partial charge in [0.25, 0.3) is 5.91 Å². The SMILES string of the molecule is CCn1c(CNC(=O)c2nc(Cl)c(N)nc2N)nc2ccc(OC)cc21. The van der Waals surface area contributed by atoms with Crippen molar-refractivity contribution in [3.8, 4) is 5.75 Å². The standard InChI is InChI=1S/C16H18ClN7O2/c1-3-24-10-6-8(26-2)4-5-9(10)21-11(24)7-20-16(25)12-14(18)23-15(19)13(17)22-12/h4-6H,3,7H2,1-2H3,(H,20,25)(H4,18,19,23). The molecule has 9 nitrogen and oxygen atoms in total. The van der Waals surface area contributed by atoms with E-state index in [-0.39, 0.29) is 29.0 Å². The average molecular weight is 376 g/mol. The smallest absolute Gasteiger partial charge is 0.274 e. The van der Waals surface area contributed by atoms with Crippen LogP contribution in [0.5, 0.6) is 5.75 Å². The number of methoxy groups -OCH3 is 1. The third-order valence-corrected chi connectivity index (χ3v) is 4.16. The van der Waals surface area contributed by atoms with E-state index >= 15 is 0 Å². The van der Waals surface area contributed by atoms with Crippen LogP contribution in [-0.2, 0) is 13.1 Å². The van der Waals surface area contributed by atoms with E-state index in [1.54, 1.807) is 7.11 Å². The van der Waals surface area contributed by atoms with Gasteiger partial charge in [-0.05, 0) is 19.1 Å². The first-order valence-corrected chi connectivity index (χ1v) is 8.22. The molecule has 2 heterocycles. The number of imidazole rings is 1. The summed E-state index contributed by atoms with van der Waals surface area (Å²) in [5.74, 6) is 0.809. The number of rotatable bonds is 5. The predicted molar refractivity (Wildman–Crippen MR) is 99.0 cm³/mol. The van der Waals surface area contributed by atoms with Crippen LogP contribution in [0.4, 0.5) is 11.6 Å². The van der Waals surface area contributed by atoms with E-state index in [1.165, 1.54) is 0 Å². The number of aryl methyl sites for hydroxylation is 1. The number of hydrogen-bond donors (Lipinski definition) is 3. The van der Waals surface area contributed by atoms with Gasteiger partial charge in [-0.3, -0.25) is 4.79 Å². The lowest BCUT2D eigenvalue weighted by molar-refractivity contribution is 0.0945. The van der Waals surface area contributed by atoms with Gasteiger partial charge < -0.3 is 26.1 Å². The zero-order valence-corrected chi connectivity index (χ0v) is 15.0. The lowest BCUT2D eigenvalue weighted by Gasteiger charge is -2.09. The summed E-state index contributed by atoms with van der Waals surface area (Å²) in [6, 6.07) is 5.61. The molecular formula is C16H18ClN7O2. The molecule has 2 aromatic heterocycles. The van der Waals surface area contributed by atoms with Crippen LogP contribution in [0.15, 0.2) is 18.2 Å². The van der Waals surface area contributed by atoms with Crippen molar-refractivity contribution in [2.45, 2.75) is 20.0 Å². The minimum absolute atomic E-state index is 0.0255. The highest BCUT2D eigenvalue weighted by atomic mass is 35.5. The second-order valence-electron chi connectivity index (χ2n) is 5.44. The fraction of sp³-hybridized carbons (Fsp3) is 0.250. The number of nitrogens with zero attached hydrogens (tertiary/aromatic N) is 4. The summed E-state index contributed by atoms with van der Waals surface area (Å²) in [5, 5.41) is 2.66. The molecule has 0 fully saturated rings. The molecule has 5 N–H and O–H groups in total. The zero-order chi connectivity index (χ0) is 18.8. The highest BCUT2D eigenvalue weighted by molar-refractivity contribution is 6.31. The molecule has 26 heavy (non-hydrogen) atoms. The quantitative estimate of drug-likeness (QED) is 0.616. The number of fused-ring (bicyclic) bond motifs is 1. The van der Waals surface area contributed by atoms with Crippen LogP contribution in [-0.4, -0.2) is 32.5 Å². The molecule has 3 rings (SSSR count). The van der Waals surface area contributed by atoms with Gasteiger partial charge >= 0.3 is 0 Å². The molecule has 10 heteroatoms. The maximum atomic E-state index is 12.4. The van der Waals surface area contributed by atoms with E-state index in [2.05, 4.69) is 20.3 Å². The van der Waals surface area contributed by atoms with E-state index < -0.39 is 5.91 Å². The summed E-state index contributed by atoms with van der Waals surface area (Å²) in [7, 11) is 1.61. The highest BCUT2D eigenvalue weighted by Crippen LogP contribution is 2.22. The van der Waals surface area contributed by atoms with Gasteiger partial charge in [0.1, 0.15) is 11.6 Å². The lowest BCUT2D eigenvalue weighted by atomic mass is 10.3. The van der Waals surface area contributed by atoms with Gasteiger partial charge in [-0.25, -0.2) is 15.0 Å². The number of anilines is 2. The van der Waals surface area contributed by atoms with Gasteiger partial charge in [0.15, 0.2) is 22.5 Å². The molecule has 0 aliphatic rings. The van der Waals surface area contributed by atoms with Crippen molar-refractivity contribution in [1.82, 2.24) is 24.8 Å². The van der Waals surface area contributed by atoms with E-state index in [0.717, 1.165) is 16.8 Å². The minimum atomic E-state index is -0.510. The highest BCUT2D eigenvalue weighted by Gasteiger charge is 2.17. The van der Waals surface area contributed by atoms with Gasteiger partial charge in [0, 0.05) is 12.6 Å². The molecule has 1 aromatic carbocycles. The zero-order valence-electron chi connectivity index (χ0n) is 14.3. The Labute approximate surface area is 154 Å². The molecule has 0 unspecified atom stereocenters. The molecular weight excluding hydrogens is 358 g/mol. The van der Waals surface area contributed by atoms with Crippen molar-refractivity contribution in [2.75, 3.05) is 18.6 Å². The number of hydrogen-bond acceptors (Lipinski definition) is 7. The number of carbonyl (C=O) groups is 1. The van der Waals surface area contributed by atoms with E-state index in [0.29, 0.717) is 12.4 Å². The molecule has 1 amide bonds. The van der Waals surface area contributed by atoms with Gasteiger partial charge in [0.2, 0.25) is 0 Å². The van der Waals surface area contributed by atoms with E-state index in [9.17, 15) is 4.79 Å². The number of halogens is 1. The Kier molecular flexibility index (Phi) is 4.81. The molecule has 0 aliphatic heterocycles. The van der Waals surface area contributed by atoms with Crippen LogP contribution < -0.4 is 21.5 Å². The Balaban J connectivity index is 1.85. The number of amides is 1. The first-order chi connectivity index (χ1) is 12.4. The number of nitrogens with one attached hydrogen (secondary N) is 1. The summed E-state index contributed by atoms with van der Waals surface area (Å²) >= 11 is 5.81. The second-order valence-corrected chi connectivity index (χ2v) is 5.80. The number of nitrogens with two attached hydrogens (primary N) is 2. The first-order valence-electron chi connectivity index (χ1n) is 7.84. The normalized spacial score (nSPS) is 10.9. The third-order valence-electron chi connectivity index (χ3n) is 3.88. The molecule has 0 radical (unpaired) electrons. The molecule has 0 spiro atoms. The molecule has 0 bridgehead atoms. The van der Waals surface area contributed by atoms with Gasteiger partial charge in [-0.15, -0.1) is 0 Å². The van der Waals surface area contributed by atoms with Gasteiger partial charge in [-0.1, -0.05) is 11.6 Å². The van der Waals surface area contributed by atoms with E-state index in [4.69, 9.17) is 27.8 Å². The average Bonchev–Trinajstić information content (AvgIpc) is 2.99. The molecule has 0 saturated carbocycles. The molecule has 136 valence electrons. The first kappa shape index (κ1) is 17.7. The van der Waals surface area contributed by atoms with Gasteiger partial charge in [0.05, 0.1) is 24.7 Å². The number of aromatic nitrogens is 4. The molecule has 0 aliphatic carbocycles. The Morgan fingerprint density at radius 1 is 1.27 bits per heavy atom. The van der Waals surface area contributed by atoms with Crippen LogP contribution in [0.25, 0.3) is 11.0 Å². The van der Waals surface area contributed by atoms with Crippen molar-refractivity contribution < 1.29 is 9.53 Å². The fourth-order valence-electron chi connectivity index (χ4n) is 2.62. The maximum absolute atomic E-state index is 12.4. The molecule has 0 saturated heterocycles. The Bertz CT molecular complexity index is 986. The second kappa shape index (κ2) is 7.04. The summed E-state index contributed by atoms with van der Waals surface area (Å²) in [6.07, 6.45) is 0. The summed E-state index contributed by atoms with van der Waals surface area (Å²) in [4.78, 5) is 24.6. The van der Waals surface area contributed by atoms with Crippen molar-refractivity contribution in [2.24, 2.45) is 0 Å². The monoisotopic (exact) mass is 375 g/mol. The van der Waals surface area contributed by atoms with Crippen molar-refractivity contribution >= 4 is 40.2 Å². The van der Waals surface area contributed by atoms with Crippen LogP contribution in [0.1, 0.15) is 23.2 Å². The molecule has 3 aromatic rings. The van der Waals surface area contributed by atoms with Crippen LogP contribution in [0.3, 0.4) is 0 Å². The van der Waals surface area contributed by atoms with Crippen LogP contribution in [0, 0.1) is 0 Å². The van der Waals surface area contributed by atoms with E-state index in [1.807, 2.05) is 29.7 Å². The van der Waals surface area contributed by atoms with Gasteiger partial charge in [-0.2, -0.15) is 0 Å².